The van der Waals surface area contributed by atoms with Crippen LogP contribution in [0.2, 0.25) is 0 Å². The second-order valence-corrected chi connectivity index (χ2v) is 5.45. The second-order valence-electron chi connectivity index (χ2n) is 5.45. The summed E-state index contributed by atoms with van der Waals surface area (Å²) in [5, 5.41) is 31.7. The van der Waals surface area contributed by atoms with Gasteiger partial charge in [0.2, 0.25) is 0 Å². The molecule has 0 fully saturated rings. The number of rotatable bonds is 7. The Morgan fingerprint density at radius 3 is 2.75 bits per heavy atom. The van der Waals surface area contributed by atoms with Crippen molar-refractivity contribution >= 4 is 11.4 Å². The highest BCUT2D eigenvalue weighted by Crippen LogP contribution is 2.26. The van der Waals surface area contributed by atoms with Gasteiger partial charge in [0.15, 0.2) is 0 Å². The molecule has 0 aromatic heterocycles. The number of nitro groups is 1. The monoisotopic (exact) mass is 277 g/mol. The standard InChI is InChI=1S/C14H19N3O3/c1-14(2,6-3-7-18)10-16-12-5-4-11(9-15)13(8-12)17(19)20/h4-5,8,16,18H,3,6-7,10H2,1-2H3. The van der Waals surface area contributed by atoms with Crippen molar-refractivity contribution < 1.29 is 10.0 Å². The van der Waals surface area contributed by atoms with Crippen molar-refractivity contribution in [3.63, 3.8) is 0 Å². The third-order valence-electron chi connectivity index (χ3n) is 3.10. The van der Waals surface area contributed by atoms with Crippen LogP contribution in [0.5, 0.6) is 0 Å². The Morgan fingerprint density at radius 2 is 2.20 bits per heavy atom. The van der Waals surface area contributed by atoms with Crippen LogP contribution in [0, 0.1) is 26.9 Å². The molecule has 0 amide bonds. The maximum Gasteiger partial charge on any atom is 0.289 e. The SMILES string of the molecule is CC(C)(CCCO)CNc1ccc(C#N)c([N+](=O)[O-])c1. The summed E-state index contributed by atoms with van der Waals surface area (Å²) in [6.07, 6.45) is 1.58. The van der Waals surface area contributed by atoms with Crippen molar-refractivity contribution in [2.45, 2.75) is 26.7 Å². The average Bonchev–Trinajstić information content (AvgIpc) is 2.42. The molecule has 0 aliphatic carbocycles. The van der Waals surface area contributed by atoms with E-state index in [0.29, 0.717) is 12.2 Å². The molecule has 0 heterocycles. The van der Waals surface area contributed by atoms with Gasteiger partial charge < -0.3 is 10.4 Å². The summed E-state index contributed by atoms with van der Waals surface area (Å²) in [4.78, 5) is 10.3. The molecular weight excluding hydrogens is 258 g/mol. The molecule has 0 radical (unpaired) electrons. The quantitative estimate of drug-likeness (QED) is 0.589. The first kappa shape index (κ1) is 15.9. The Labute approximate surface area is 118 Å². The number of anilines is 1. The molecule has 0 atom stereocenters. The van der Waals surface area contributed by atoms with Gasteiger partial charge in [-0.05, 0) is 30.4 Å². The van der Waals surface area contributed by atoms with Gasteiger partial charge in [-0.3, -0.25) is 10.1 Å². The predicted octanol–water partition coefficient (Wildman–Crippen LogP) is 2.68. The lowest BCUT2D eigenvalue weighted by Crippen LogP contribution is -2.23. The van der Waals surface area contributed by atoms with E-state index in [1.54, 1.807) is 6.07 Å². The average molecular weight is 277 g/mol. The first-order valence-electron chi connectivity index (χ1n) is 6.43. The Bertz CT molecular complexity index is 521. The van der Waals surface area contributed by atoms with Crippen LogP contribution < -0.4 is 5.32 Å². The lowest BCUT2D eigenvalue weighted by molar-refractivity contribution is -0.385. The van der Waals surface area contributed by atoms with Crippen LogP contribution >= 0.6 is 0 Å². The lowest BCUT2D eigenvalue weighted by atomic mass is 9.88. The summed E-state index contributed by atoms with van der Waals surface area (Å²) < 4.78 is 0. The third kappa shape index (κ3) is 4.52. The van der Waals surface area contributed by atoms with Crippen molar-refractivity contribution in [2.75, 3.05) is 18.5 Å². The van der Waals surface area contributed by atoms with Gasteiger partial charge in [0, 0.05) is 24.9 Å². The molecule has 1 rings (SSSR count). The van der Waals surface area contributed by atoms with E-state index in [0.717, 1.165) is 12.8 Å². The topological polar surface area (TPSA) is 99.2 Å². The number of nitrogens with one attached hydrogen (secondary N) is 1. The second kappa shape index (κ2) is 6.87. The van der Waals surface area contributed by atoms with Gasteiger partial charge in [0.1, 0.15) is 11.6 Å². The van der Waals surface area contributed by atoms with E-state index in [4.69, 9.17) is 10.4 Å². The van der Waals surface area contributed by atoms with Gasteiger partial charge in [0.05, 0.1) is 4.92 Å². The molecule has 0 aliphatic heterocycles. The molecule has 2 N–H and O–H groups in total. The fourth-order valence-corrected chi connectivity index (χ4v) is 1.87. The molecule has 6 nitrogen and oxygen atoms in total. The molecule has 6 heteroatoms. The van der Waals surface area contributed by atoms with Gasteiger partial charge in [0.25, 0.3) is 5.69 Å². The summed E-state index contributed by atoms with van der Waals surface area (Å²) in [5.74, 6) is 0. The van der Waals surface area contributed by atoms with Crippen molar-refractivity contribution in [3.05, 3.63) is 33.9 Å². The van der Waals surface area contributed by atoms with Gasteiger partial charge in [-0.1, -0.05) is 13.8 Å². The number of nitriles is 1. The fourth-order valence-electron chi connectivity index (χ4n) is 1.87. The zero-order valence-corrected chi connectivity index (χ0v) is 11.7. The van der Waals surface area contributed by atoms with Crippen LogP contribution in [0.1, 0.15) is 32.3 Å². The van der Waals surface area contributed by atoms with Crippen molar-refractivity contribution in [1.29, 1.82) is 5.26 Å². The molecule has 108 valence electrons. The van der Waals surface area contributed by atoms with Crippen LogP contribution in [0.15, 0.2) is 18.2 Å². The molecule has 0 aliphatic rings. The minimum Gasteiger partial charge on any atom is -0.396 e. The zero-order chi connectivity index (χ0) is 15.2. The molecule has 20 heavy (non-hydrogen) atoms. The highest BCUT2D eigenvalue weighted by Gasteiger charge is 2.18. The number of hydrogen-bond donors (Lipinski definition) is 2. The Balaban J connectivity index is 2.77. The Hall–Kier alpha value is -2.13. The van der Waals surface area contributed by atoms with Gasteiger partial charge in [-0.2, -0.15) is 5.26 Å². The number of nitro benzene ring substituents is 1. The molecule has 0 bridgehead atoms. The van der Waals surface area contributed by atoms with E-state index < -0.39 is 4.92 Å². The number of hydrogen-bond acceptors (Lipinski definition) is 5. The molecule has 1 aromatic rings. The number of aliphatic hydroxyl groups excluding tert-OH is 1. The summed E-state index contributed by atoms with van der Waals surface area (Å²) in [6, 6.07) is 6.29. The number of nitrogens with zero attached hydrogens (tertiary/aromatic N) is 2. The highest BCUT2D eigenvalue weighted by molar-refractivity contribution is 5.59. The summed E-state index contributed by atoms with van der Waals surface area (Å²) in [7, 11) is 0. The first-order chi connectivity index (χ1) is 9.39. The van der Waals surface area contributed by atoms with Crippen LogP contribution in [-0.2, 0) is 0 Å². The summed E-state index contributed by atoms with van der Waals surface area (Å²) >= 11 is 0. The smallest absolute Gasteiger partial charge is 0.289 e. The van der Waals surface area contributed by atoms with E-state index in [1.165, 1.54) is 12.1 Å². The van der Waals surface area contributed by atoms with Gasteiger partial charge >= 0.3 is 0 Å². The molecule has 0 saturated carbocycles. The predicted molar refractivity (Wildman–Crippen MR) is 76.4 cm³/mol. The minimum absolute atomic E-state index is 0.0224. The summed E-state index contributed by atoms with van der Waals surface area (Å²) in [5.41, 5.74) is 0.462. The maximum atomic E-state index is 10.9. The van der Waals surface area contributed by atoms with Crippen LogP contribution in [0.4, 0.5) is 11.4 Å². The van der Waals surface area contributed by atoms with Crippen molar-refractivity contribution in [2.24, 2.45) is 5.41 Å². The zero-order valence-electron chi connectivity index (χ0n) is 11.7. The largest absolute Gasteiger partial charge is 0.396 e. The van der Waals surface area contributed by atoms with Gasteiger partial charge in [-0.25, -0.2) is 0 Å². The molecule has 1 aromatic carbocycles. The van der Waals surface area contributed by atoms with Crippen LogP contribution in [-0.4, -0.2) is 23.2 Å². The molecule has 0 spiro atoms. The lowest BCUT2D eigenvalue weighted by Gasteiger charge is -2.25. The van der Waals surface area contributed by atoms with Crippen LogP contribution in [0.25, 0.3) is 0 Å². The summed E-state index contributed by atoms with van der Waals surface area (Å²) in [6.45, 7) is 4.92. The Kier molecular flexibility index (Phi) is 5.47. The number of benzene rings is 1. The van der Waals surface area contributed by atoms with E-state index >= 15 is 0 Å². The van der Waals surface area contributed by atoms with Crippen molar-refractivity contribution in [1.82, 2.24) is 0 Å². The highest BCUT2D eigenvalue weighted by atomic mass is 16.6. The third-order valence-corrected chi connectivity index (χ3v) is 3.10. The van der Waals surface area contributed by atoms with E-state index in [2.05, 4.69) is 19.2 Å². The van der Waals surface area contributed by atoms with Crippen molar-refractivity contribution in [3.8, 4) is 6.07 Å². The maximum absolute atomic E-state index is 10.9. The number of aliphatic hydroxyl groups is 1. The Morgan fingerprint density at radius 1 is 1.50 bits per heavy atom. The molecule has 0 saturated heterocycles. The molecular formula is C14H19N3O3. The van der Waals surface area contributed by atoms with E-state index in [-0.39, 0.29) is 23.3 Å². The van der Waals surface area contributed by atoms with Crippen LogP contribution in [0.3, 0.4) is 0 Å². The molecule has 0 unspecified atom stereocenters. The van der Waals surface area contributed by atoms with Gasteiger partial charge in [-0.15, -0.1) is 0 Å². The normalized spacial score (nSPS) is 10.9. The van der Waals surface area contributed by atoms with E-state index in [1.807, 2.05) is 6.07 Å². The fraction of sp³-hybridized carbons (Fsp3) is 0.500. The van der Waals surface area contributed by atoms with E-state index in [9.17, 15) is 10.1 Å². The first-order valence-corrected chi connectivity index (χ1v) is 6.43. The minimum atomic E-state index is -0.555.